The first-order chi connectivity index (χ1) is 11.7. The topological polar surface area (TPSA) is 59.1 Å². The summed E-state index contributed by atoms with van der Waals surface area (Å²) in [6.07, 6.45) is -0.334. The number of rotatable bonds is 3. The zero-order valence-corrected chi connectivity index (χ0v) is 15.9. The third kappa shape index (κ3) is 5.09. The van der Waals surface area contributed by atoms with Crippen LogP contribution >= 0.6 is 11.6 Å². The third-order valence-electron chi connectivity index (χ3n) is 3.96. The van der Waals surface area contributed by atoms with Gasteiger partial charge in [0.15, 0.2) is 0 Å². The second kappa shape index (κ2) is 8.06. The molecule has 0 N–H and O–H groups in total. The molecule has 0 saturated carbocycles. The third-order valence-corrected chi connectivity index (χ3v) is 4.30. The van der Waals surface area contributed by atoms with Crippen LogP contribution in [0.1, 0.15) is 32.4 Å². The Morgan fingerprint density at radius 3 is 2.24 bits per heavy atom. The predicted octanol–water partition coefficient (Wildman–Crippen LogP) is 3.11. The van der Waals surface area contributed by atoms with Crippen molar-refractivity contribution in [2.24, 2.45) is 0 Å². The van der Waals surface area contributed by atoms with Crippen molar-refractivity contribution in [1.82, 2.24) is 9.80 Å². The first-order valence-electron chi connectivity index (χ1n) is 8.27. The second-order valence-electron chi connectivity index (χ2n) is 6.95. The quantitative estimate of drug-likeness (QED) is 0.767. The lowest BCUT2D eigenvalue weighted by atomic mass is 10.0. The average Bonchev–Trinajstić information content (AvgIpc) is 2.55. The Morgan fingerprint density at radius 1 is 1.12 bits per heavy atom. The van der Waals surface area contributed by atoms with Gasteiger partial charge in [-0.2, -0.15) is 0 Å². The summed E-state index contributed by atoms with van der Waals surface area (Å²) in [5, 5.41) is 0.521. The summed E-state index contributed by atoms with van der Waals surface area (Å²) in [6.45, 7) is 7.54. The lowest BCUT2D eigenvalue weighted by Gasteiger charge is -2.38. The fourth-order valence-electron chi connectivity index (χ4n) is 2.77. The maximum atomic E-state index is 12.3. The van der Waals surface area contributed by atoms with Gasteiger partial charge in [0.05, 0.1) is 7.11 Å². The highest BCUT2D eigenvalue weighted by atomic mass is 35.5. The Labute approximate surface area is 153 Å². The summed E-state index contributed by atoms with van der Waals surface area (Å²) in [5.41, 5.74) is 0.182. The Morgan fingerprint density at radius 2 is 1.72 bits per heavy atom. The van der Waals surface area contributed by atoms with Gasteiger partial charge < -0.3 is 14.4 Å². The lowest BCUT2D eigenvalue weighted by Crippen LogP contribution is -2.52. The van der Waals surface area contributed by atoms with Crippen LogP contribution in [0.2, 0.25) is 5.02 Å². The predicted molar refractivity (Wildman–Crippen MR) is 95.6 cm³/mol. The van der Waals surface area contributed by atoms with Crippen LogP contribution in [0.25, 0.3) is 0 Å². The van der Waals surface area contributed by atoms with Crippen LogP contribution in [-0.2, 0) is 14.3 Å². The molecule has 1 aliphatic heterocycles. The Bertz CT molecular complexity index is 622. The molecule has 138 valence electrons. The molecule has 1 heterocycles. The van der Waals surface area contributed by atoms with E-state index in [2.05, 4.69) is 0 Å². The molecule has 1 amide bonds. The van der Waals surface area contributed by atoms with E-state index in [9.17, 15) is 9.59 Å². The normalized spacial score (nSPS) is 17.1. The number of methoxy groups -OCH3 is 1. The van der Waals surface area contributed by atoms with Crippen molar-refractivity contribution >= 4 is 23.7 Å². The number of nitrogens with zero attached hydrogens (tertiary/aromatic N) is 2. The van der Waals surface area contributed by atoms with Crippen LogP contribution in [0.4, 0.5) is 4.79 Å². The van der Waals surface area contributed by atoms with Crippen molar-refractivity contribution in [3.8, 4) is 0 Å². The zero-order chi connectivity index (χ0) is 18.6. The van der Waals surface area contributed by atoms with Gasteiger partial charge in [-0.3, -0.25) is 4.90 Å². The summed E-state index contributed by atoms with van der Waals surface area (Å²) >= 11 is 6.27. The highest BCUT2D eigenvalue weighted by Gasteiger charge is 2.34. The van der Waals surface area contributed by atoms with E-state index >= 15 is 0 Å². The van der Waals surface area contributed by atoms with E-state index < -0.39 is 11.6 Å². The summed E-state index contributed by atoms with van der Waals surface area (Å²) < 4.78 is 10.4. The number of amides is 1. The fraction of sp³-hybridized carbons (Fsp3) is 0.556. The molecule has 0 aliphatic carbocycles. The first-order valence-corrected chi connectivity index (χ1v) is 8.65. The molecule has 1 aromatic carbocycles. The SMILES string of the molecule is COC(=O)[C@H](c1ccccc1Cl)N1CCN(C(=O)OC(C)(C)C)CC1. The van der Waals surface area contributed by atoms with E-state index in [-0.39, 0.29) is 12.1 Å². The van der Waals surface area contributed by atoms with E-state index in [1.807, 2.05) is 43.9 Å². The Balaban J connectivity index is 2.09. The summed E-state index contributed by atoms with van der Waals surface area (Å²) in [6, 6.07) is 6.65. The average molecular weight is 369 g/mol. The van der Waals surface area contributed by atoms with Crippen LogP contribution in [0.15, 0.2) is 24.3 Å². The summed E-state index contributed by atoms with van der Waals surface area (Å²) in [7, 11) is 1.36. The number of hydrogen-bond acceptors (Lipinski definition) is 5. The molecule has 2 rings (SSSR count). The van der Waals surface area contributed by atoms with Gasteiger partial charge in [0.25, 0.3) is 0 Å². The standard InChI is InChI=1S/C18H25ClN2O4/c1-18(2,3)25-17(23)21-11-9-20(10-12-21)15(16(22)24-4)13-7-5-6-8-14(13)19/h5-8,15H,9-12H2,1-4H3/t15-/m0/s1. The van der Waals surface area contributed by atoms with Crippen LogP contribution in [-0.4, -0.2) is 60.8 Å². The van der Waals surface area contributed by atoms with Crippen LogP contribution < -0.4 is 0 Å². The molecule has 7 heteroatoms. The molecule has 25 heavy (non-hydrogen) atoms. The number of carbonyl (C=O) groups is 2. The van der Waals surface area contributed by atoms with E-state index in [0.29, 0.717) is 36.8 Å². The fourth-order valence-corrected chi connectivity index (χ4v) is 3.01. The zero-order valence-electron chi connectivity index (χ0n) is 15.1. The molecule has 1 fully saturated rings. The molecular weight excluding hydrogens is 344 g/mol. The van der Waals surface area contributed by atoms with Crippen molar-refractivity contribution in [2.45, 2.75) is 32.4 Å². The minimum atomic E-state index is -0.584. The van der Waals surface area contributed by atoms with Gasteiger partial charge in [-0.15, -0.1) is 0 Å². The Hall–Kier alpha value is -1.79. The molecule has 1 aromatic rings. The summed E-state index contributed by atoms with van der Waals surface area (Å²) in [4.78, 5) is 28.2. The van der Waals surface area contributed by atoms with Gasteiger partial charge in [0, 0.05) is 31.2 Å². The molecule has 0 aromatic heterocycles. The van der Waals surface area contributed by atoms with Gasteiger partial charge in [-0.05, 0) is 32.4 Å². The minimum absolute atomic E-state index is 0.334. The van der Waals surface area contributed by atoms with E-state index in [0.717, 1.165) is 0 Å². The van der Waals surface area contributed by atoms with Crippen molar-refractivity contribution in [2.75, 3.05) is 33.3 Å². The molecule has 0 radical (unpaired) electrons. The van der Waals surface area contributed by atoms with E-state index in [1.165, 1.54) is 7.11 Å². The maximum absolute atomic E-state index is 12.3. The van der Waals surface area contributed by atoms with E-state index in [4.69, 9.17) is 21.1 Å². The number of piperazine rings is 1. The van der Waals surface area contributed by atoms with Crippen LogP contribution in [0.3, 0.4) is 0 Å². The molecule has 1 atom stereocenters. The van der Waals surface area contributed by atoms with Crippen molar-refractivity contribution in [3.05, 3.63) is 34.9 Å². The smallest absolute Gasteiger partial charge is 0.410 e. The summed E-state index contributed by atoms with van der Waals surface area (Å²) in [5.74, 6) is -0.362. The lowest BCUT2D eigenvalue weighted by molar-refractivity contribution is -0.148. The monoisotopic (exact) mass is 368 g/mol. The molecule has 1 aliphatic rings. The first kappa shape index (κ1) is 19.5. The van der Waals surface area contributed by atoms with Gasteiger partial charge >= 0.3 is 12.1 Å². The van der Waals surface area contributed by atoms with Gasteiger partial charge in [-0.25, -0.2) is 9.59 Å². The largest absolute Gasteiger partial charge is 0.468 e. The van der Waals surface area contributed by atoms with Crippen LogP contribution in [0.5, 0.6) is 0 Å². The van der Waals surface area contributed by atoms with E-state index in [1.54, 1.807) is 11.0 Å². The number of halogens is 1. The van der Waals surface area contributed by atoms with Crippen LogP contribution in [0, 0.1) is 0 Å². The number of benzene rings is 1. The molecule has 0 unspecified atom stereocenters. The molecular formula is C18H25ClN2O4. The van der Waals surface area contributed by atoms with Gasteiger partial charge in [0.1, 0.15) is 11.6 Å². The highest BCUT2D eigenvalue weighted by Crippen LogP contribution is 2.29. The number of carbonyl (C=O) groups excluding carboxylic acids is 2. The molecule has 0 bridgehead atoms. The van der Waals surface area contributed by atoms with Crippen molar-refractivity contribution < 1.29 is 19.1 Å². The molecule has 6 nitrogen and oxygen atoms in total. The number of esters is 1. The Kier molecular flexibility index (Phi) is 6.30. The minimum Gasteiger partial charge on any atom is -0.468 e. The molecule has 0 spiro atoms. The van der Waals surface area contributed by atoms with Crippen molar-refractivity contribution in [3.63, 3.8) is 0 Å². The van der Waals surface area contributed by atoms with Gasteiger partial charge in [-0.1, -0.05) is 29.8 Å². The highest BCUT2D eigenvalue weighted by molar-refractivity contribution is 6.31. The molecule has 1 saturated heterocycles. The van der Waals surface area contributed by atoms with Gasteiger partial charge in [0.2, 0.25) is 0 Å². The number of ether oxygens (including phenoxy) is 2. The van der Waals surface area contributed by atoms with Crippen molar-refractivity contribution in [1.29, 1.82) is 0 Å². The second-order valence-corrected chi connectivity index (χ2v) is 7.36. The number of hydrogen-bond donors (Lipinski definition) is 0. The maximum Gasteiger partial charge on any atom is 0.410 e.